The van der Waals surface area contributed by atoms with Gasteiger partial charge in [-0.3, -0.25) is 14.5 Å². The third kappa shape index (κ3) is 3.85. The average molecular weight is 339 g/mol. The second-order valence-corrected chi connectivity index (χ2v) is 6.53. The van der Waals surface area contributed by atoms with Gasteiger partial charge in [0.2, 0.25) is 5.91 Å². The molecule has 1 saturated carbocycles. The summed E-state index contributed by atoms with van der Waals surface area (Å²) in [5.41, 5.74) is -0.779. The molecule has 0 bridgehead atoms. The van der Waals surface area contributed by atoms with Crippen molar-refractivity contribution in [2.24, 2.45) is 0 Å². The predicted molar refractivity (Wildman–Crippen MR) is 85.2 cm³/mol. The van der Waals surface area contributed by atoms with E-state index in [2.05, 4.69) is 10.6 Å². The van der Waals surface area contributed by atoms with Crippen LogP contribution in [-0.4, -0.2) is 51.9 Å². The van der Waals surface area contributed by atoms with Gasteiger partial charge in [0, 0.05) is 13.0 Å². The highest BCUT2D eigenvalue weighted by atomic mass is 16.4. The summed E-state index contributed by atoms with van der Waals surface area (Å²) in [4.78, 5) is 48.6. The Hall–Kier alpha value is -2.12. The molecule has 2 fully saturated rings. The van der Waals surface area contributed by atoms with Crippen molar-refractivity contribution < 1.29 is 24.3 Å². The standard InChI is InChI=1S/C16H25N3O5/c1-2-3-6-11(13(21)22)17-12(20)7-10-19-14(23)16(18-15(19)24)8-4-5-9-16/h11H,2-10H2,1H3,(H,17,20)(H,18,24)(H,21,22)/t11-/m0/s1. The highest BCUT2D eigenvalue weighted by molar-refractivity contribution is 6.07. The van der Waals surface area contributed by atoms with Gasteiger partial charge in [0.15, 0.2) is 0 Å². The van der Waals surface area contributed by atoms with Crippen molar-refractivity contribution in [3.8, 4) is 0 Å². The lowest BCUT2D eigenvalue weighted by molar-refractivity contribution is -0.142. The SMILES string of the molecule is CCCC[C@H](NC(=O)CCN1C(=O)NC2(CCCC2)C1=O)C(=O)O. The molecule has 0 aromatic heterocycles. The quantitative estimate of drug-likeness (QED) is 0.571. The number of hydrogen-bond acceptors (Lipinski definition) is 4. The predicted octanol–water partition coefficient (Wildman–Crippen LogP) is 1.00. The Balaban J connectivity index is 1.86. The molecule has 134 valence electrons. The molecule has 1 aliphatic carbocycles. The monoisotopic (exact) mass is 339 g/mol. The maximum atomic E-state index is 12.4. The van der Waals surface area contributed by atoms with Crippen LogP contribution in [0.25, 0.3) is 0 Å². The molecule has 8 nitrogen and oxygen atoms in total. The van der Waals surface area contributed by atoms with Gasteiger partial charge in [-0.2, -0.15) is 0 Å². The molecule has 2 aliphatic rings. The third-order valence-electron chi connectivity index (χ3n) is 4.75. The number of rotatable bonds is 8. The average Bonchev–Trinajstić information content (AvgIpc) is 3.08. The minimum Gasteiger partial charge on any atom is -0.480 e. The Labute approximate surface area is 141 Å². The topological polar surface area (TPSA) is 116 Å². The number of urea groups is 1. The van der Waals surface area contributed by atoms with Crippen LogP contribution in [0, 0.1) is 0 Å². The molecule has 3 N–H and O–H groups in total. The molecule has 0 aromatic rings. The molecular weight excluding hydrogens is 314 g/mol. The summed E-state index contributed by atoms with van der Waals surface area (Å²) in [6.07, 6.45) is 4.89. The van der Waals surface area contributed by atoms with E-state index in [1.54, 1.807) is 0 Å². The number of imide groups is 1. The van der Waals surface area contributed by atoms with Crippen LogP contribution in [0.15, 0.2) is 0 Å². The van der Waals surface area contributed by atoms with E-state index in [9.17, 15) is 19.2 Å². The Morgan fingerprint density at radius 2 is 2.00 bits per heavy atom. The van der Waals surface area contributed by atoms with Crippen LogP contribution in [0.2, 0.25) is 0 Å². The first kappa shape index (κ1) is 18.2. The zero-order chi connectivity index (χ0) is 17.7. The molecule has 2 rings (SSSR count). The van der Waals surface area contributed by atoms with E-state index in [0.717, 1.165) is 24.2 Å². The fourth-order valence-corrected chi connectivity index (χ4v) is 3.34. The van der Waals surface area contributed by atoms with E-state index >= 15 is 0 Å². The maximum Gasteiger partial charge on any atom is 0.326 e. The molecule has 1 atom stereocenters. The largest absolute Gasteiger partial charge is 0.480 e. The van der Waals surface area contributed by atoms with E-state index in [-0.39, 0.29) is 18.9 Å². The van der Waals surface area contributed by atoms with E-state index in [1.165, 1.54) is 0 Å². The molecule has 1 spiro atoms. The molecule has 1 saturated heterocycles. The second kappa shape index (κ2) is 7.63. The summed E-state index contributed by atoms with van der Waals surface area (Å²) in [6.45, 7) is 1.91. The van der Waals surface area contributed by atoms with Crippen LogP contribution in [-0.2, 0) is 14.4 Å². The number of amides is 4. The van der Waals surface area contributed by atoms with Crippen molar-refractivity contribution in [1.82, 2.24) is 15.5 Å². The van der Waals surface area contributed by atoms with Gasteiger partial charge in [0.25, 0.3) is 5.91 Å². The van der Waals surface area contributed by atoms with Gasteiger partial charge in [-0.25, -0.2) is 9.59 Å². The number of carboxylic acid groups (broad SMARTS) is 1. The lowest BCUT2D eigenvalue weighted by Gasteiger charge is -2.20. The number of carboxylic acids is 1. The number of nitrogens with one attached hydrogen (secondary N) is 2. The van der Waals surface area contributed by atoms with E-state index in [1.807, 2.05) is 6.92 Å². The van der Waals surface area contributed by atoms with Crippen molar-refractivity contribution in [3.05, 3.63) is 0 Å². The third-order valence-corrected chi connectivity index (χ3v) is 4.75. The zero-order valence-corrected chi connectivity index (χ0v) is 14.0. The minimum absolute atomic E-state index is 0.0294. The number of hydrogen-bond donors (Lipinski definition) is 3. The Morgan fingerprint density at radius 1 is 1.33 bits per heavy atom. The number of carbonyl (C=O) groups excluding carboxylic acids is 3. The number of nitrogens with zero attached hydrogens (tertiary/aromatic N) is 1. The van der Waals surface area contributed by atoms with Crippen LogP contribution in [0.1, 0.15) is 58.3 Å². The van der Waals surface area contributed by atoms with E-state index < -0.39 is 29.5 Å². The summed E-state index contributed by atoms with van der Waals surface area (Å²) < 4.78 is 0. The Bertz CT molecular complexity index is 528. The van der Waals surface area contributed by atoms with Crippen molar-refractivity contribution in [3.63, 3.8) is 0 Å². The molecule has 0 aromatic carbocycles. The summed E-state index contributed by atoms with van der Waals surface area (Å²) in [6, 6.07) is -1.39. The Kier molecular flexibility index (Phi) is 5.80. The van der Waals surface area contributed by atoms with Crippen molar-refractivity contribution in [1.29, 1.82) is 0 Å². The lowest BCUT2D eigenvalue weighted by Crippen LogP contribution is -2.45. The first-order chi connectivity index (χ1) is 11.4. The van der Waals surface area contributed by atoms with Crippen LogP contribution in [0.4, 0.5) is 4.79 Å². The van der Waals surface area contributed by atoms with Gasteiger partial charge in [-0.05, 0) is 19.3 Å². The highest BCUT2D eigenvalue weighted by Crippen LogP contribution is 2.34. The molecule has 0 radical (unpaired) electrons. The van der Waals surface area contributed by atoms with Crippen LogP contribution < -0.4 is 10.6 Å². The molecular formula is C16H25N3O5. The molecule has 1 aliphatic heterocycles. The molecule has 8 heteroatoms. The summed E-state index contributed by atoms with van der Waals surface area (Å²) in [5, 5.41) is 14.3. The van der Waals surface area contributed by atoms with Crippen LogP contribution in [0.5, 0.6) is 0 Å². The van der Waals surface area contributed by atoms with Crippen molar-refractivity contribution in [2.45, 2.75) is 69.9 Å². The fourth-order valence-electron chi connectivity index (χ4n) is 3.34. The van der Waals surface area contributed by atoms with Gasteiger partial charge >= 0.3 is 12.0 Å². The van der Waals surface area contributed by atoms with Gasteiger partial charge in [0.05, 0.1) is 0 Å². The van der Waals surface area contributed by atoms with Crippen molar-refractivity contribution >= 4 is 23.8 Å². The van der Waals surface area contributed by atoms with Crippen molar-refractivity contribution in [2.75, 3.05) is 6.54 Å². The number of aliphatic carboxylic acids is 1. The lowest BCUT2D eigenvalue weighted by atomic mass is 9.98. The fraction of sp³-hybridized carbons (Fsp3) is 0.750. The Morgan fingerprint density at radius 3 is 2.58 bits per heavy atom. The zero-order valence-electron chi connectivity index (χ0n) is 14.0. The van der Waals surface area contributed by atoms with Crippen LogP contribution in [0.3, 0.4) is 0 Å². The second-order valence-electron chi connectivity index (χ2n) is 6.53. The number of unbranched alkanes of at least 4 members (excludes halogenated alkanes) is 1. The molecule has 24 heavy (non-hydrogen) atoms. The first-order valence-electron chi connectivity index (χ1n) is 8.56. The molecule has 1 heterocycles. The summed E-state index contributed by atoms with van der Waals surface area (Å²) >= 11 is 0. The molecule has 0 unspecified atom stereocenters. The summed E-state index contributed by atoms with van der Waals surface area (Å²) in [5.74, 6) is -1.80. The van der Waals surface area contributed by atoms with Gasteiger partial charge in [0.1, 0.15) is 11.6 Å². The van der Waals surface area contributed by atoms with Gasteiger partial charge in [-0.1, -0.05) is 32.6 Å². The van der Waals surface area contributed by atoms with Crippen LogP contribution >= 0.6 is 0 Å². The first-order valence-corrected chi connectivity index (χ1v) is 8.56. The summed E-state index contributed by atoms with van der Waals surface area (Å²) in [7, 11) is 0. The van der Waals surface area contributed by atoms with E-state index in [0.29, 0.717) is 25.7 Å². The number of carbonyl (C=O) groups is 4. The van der Waals surface area contributed by atoms with Gasteiger partial charge in [-0.15, -0.1) is 0 Å². The molecule has 4 amide bonds. The maximum absolute atomic E-state index is 12.4. The smallest absolute Gasteiger partial charge is 0.326 e. The highest BCUT2D eigenvalue weighted by Gasteiger charge is 2.52. The van der Waals surface area contributed by atoms with Gasteiger partial charge < -0.3 is 15.7 Å². The normalized spacial score (nSPS) is 20.3. The minimum atomic E-state index is -1.07. The van der Waals surface area contributed by atoms with E-state index in [4.69, 9.17) is 5.11 Å².